The number of ether oxygens (including phenoxy) is 1. The molecule has 3 aromatic rings. The minimum Gasteiger partial charge on any atom is -0.507 e. The van der Waals surface area contributed by atoms with Crippen LogP contribution in [0.4, 0.5) is 0 Å². The van der Waals surface area contributed by atoms with Gasteiger partial charge in [-0.05, 0) is 36.2 Å². The van der Waals surface area contributed by atoms with Crippen LogP contribution >= 0.6 is 0 Å². The number of ketones is 2. The summed E-state index contributed by atoms with van der Waals surface area (Å²) in [5.41, 5.74) is -2.77. The molecule has 0 aromatic heterocycles. The summed E-state index contributed by atoms with van der Waals surface area (Å²) < 4.78 is 5.06. The number of aliphatic carboxylic acids is 1. The van der Waals surface area contributed by atoms with Gasteiger partial charge < -0.3 is 40.7 Å². The van der Waals surface area contributed by atoms with Crippen LogP contribution in [0, 0.1) is 0 Å². The van der Waals surface area contributed by atoms with Crippen LogP contribution in [0.15, 0.2) is 30.3 Å². The number of hydrogen-bond acceptors (Lipinski definition) is 10. The Kier molecular flexibility index (Phi) is 5.81. The normalized spacial score (nSPS) is 17.8. The summed E-state index contributed by atoms with van der Waals surface area (Å²) in [6.07, 6.45) is -3.39. The number of aliphatic hydroxyl groups is 2. The van der Waals surface area contributed by atoms with Gasteiger partial charge in [0, 0.05) is 28.3 Å². The van der Waals surface area contributed by atoms with Crippen LogP contribution in [-0.4, -0.2) is 67.2 Å². The van der Waals surface area contributed by atoms with E-state index in [1.165, 1.54) is 26.2 Å². The number of carbonyl (C=O) groups excluding carboxylic acids is 3. The lowest BCUT2D eigenvalue weighted by Gasteiger charge is -2.32. The van der Waals surface area contributed by atoms with Crippen molar-refractivity contribution < 1.29 is 54.6 Å². The van der Waals surface area contributed by atoms with Crippen molar-refractivity contribution in [3.05, 3.63) is 69.3 Å². The minimum absolute atomic E-state index is 0.0704. The van der Waals surface area contributed by atoms with Gasteiger partial charge in [-0.25, -0.2) is 0 Å². The smallest absolute Gasteiger partial charge is 0.325 e. The molecule has 3 aromatic carbocycles. The number of hydrogen-bond donors (Lipinski definition) is 7. The molecular formula is C27H21NO11. The molecule has 12 nitrogen and oxygen atoms in total. The lowest BCUT2D eigenvalue weighted by atomic mass is 9.74. The van der Waals surface area contributed by atoms with Gasteiger partial charge in [-0.2, -0.15) is 0 Å². The van der Waals surface area contributed by atoms with E-state index >= 15 is 0 Å². The summed E-state index contributed by atoms with van der Waals surface area (Å²) in [5, 5.41) is 65.8. The van der Waals surface area contributed by atoms with Gasteiger partial charge in [0.1, 0.15) is 41.2 Å². The number of carboxylic acid groups (broad SMARTS) is 1. The molecule has 0 bridgehead atoms. The van der Waals surface area contributed by atoms with Crippen molar-refractivity contribution in [3.8, 4) is 34.1 Å². The number of carbonyl (C=O) groups is 4. The van der Waals surface area contributed by atoms with Crippen LogP contribution in [0.2, 0.25) is 0 Å². The largest absolute Gasteiger partial charge is 0.507 e. The first kappa shape index (κ1) is 25.7. The lowest BCUT2D eigenvalue weighted by molar-refractivity contribution is -0.138. The molecule has 2 aliphatic carbocycles. The molecule has 0 fully saturated rings. The van der Waals surface area contributed by atoms with Gasteiger partial charge in [-0.1, -0.05) is 6.07 Å². The maximum absolute atomic E-state index is 13.5. The Morgan fingerprint density at radius 3 is 2.08 bits per heavy atom. The number of methoxy groups -OCH3 is 1. The summed E-state index contributed by atoms with van der Waals surface area (Å²) in [6.45, 7) is 1.20. The monoisotopic (exact) mass is 535 g/mol. The van der Waals surface area contributed by atoms with Gasteiger partial charge in [-0.15, -0.1) is 0 Å². The second kappa shape index (κ2) is 8.82. The summed E-state index contributed by atoms with van der Waals surface area (Å²) >= 11 is 0. The number of benzene rings is 3. The fourth-order valence-corrected chi connectivity index (χ4v) is 4.98. The van der Waals surface area contributed by atoms with Crippen LogP contribution in [0.1, 0.15) is 72.5 Å². The Morgan fingerprint density at radius 1 is 0.846 bits per heavy atom. The molecule has 1 amide bonds. The Labute approximate surface area is 219 Å². The van der Waals surface area contributed by atoms with Crippen LogP contribution in [-0.2, 0) is 4.79 Å². The third-order valence-electron chi connectivity index (χ3n) is 6.96. The predicted octanol–water partition coefficient (Wildman–Crippen LogP) is 1.54. The molecule has 0 saturated carbocycles. The molecule has 2 aliphatic rings. The zero-order valence-electron chi connectivity index (χ0n) is 20.3. The SMILES string of the molecule is COc1cc(O)c2c(c1)C(=O)c1c(cc3c(c1O)-c1c(ccc(C(=O)N[C@H](C)C(=O)O)c1O)[C@H](O)[C@H]3O)C2=O. The van der Waals surface area contributed by atoms with Gasteiger partial charge >= 0.3 is 5.97 Å². The van der Waals surface area contributed by atoms with Crippen molar-refractivity contribution in [3.63, 3.8) is 0 Å². The Balaban J connectivity index is 1.76. The minimum atomic E-state index is -1.72. The quantitative estimate of drug-likeness (QED) is 0.199. The fourth-order valence-electron chi connectivity index (χ4n) is 4.98. The van der Waals surface area contributed by atoms with Crippen LogP contribution in [0.25, 0.3) is 11.1 Å². The molecule has 0 radical (unpaired) electrons. The predicted molar refractivity (Wildman–Crippen MR) is 131 cm³/mol. The molecule has 5 rings (SSSR count). The Morgan fingerprint density at radius 2 is 1.44 bits per heavy atom. The highest BCUT2D eigenvalue weighted by Crippen LogP contribution is 2.55. The number of amides is 1. The molecule has 0 unspecified atom stereocenters. The van der Waals surface area contributed by atoms with Gasteiger partial charge in [0.15, 0.2) is 11.6 Å². The van der Waals surface area contributed by atoms with E-state index in [-0.39, 0.29) is 44.7 Å². The average molecular weight is 535 g/mol. The van der Waals surface area contributed by atoms with Gasteiger partial charge in [0.25, 0.3) is 5.91 Å². The molecular weight excluding hydrogens is 514 g/mol. The van der Waals surface area contributed by atoms with E-state index in [0.717, 1.165) is 18.2 Å². The number of aromatic hydroxyl groups is 3. The number of phenols is 3. The second-order valence-electron chi connectivity index (χ2n) is 9.19. The number of fused-ring (bicyclic) bond motifs is 5. The van der Waals surface area contributed by atoms with Crippen molar-refractivity contribution in [2.24, 2.45) is 0 Å². The highest BCUT2D eigenvalue weighted by molar-refractivity contribution is 6.31. The van der Waals surface area contributed by atoms with Crippen molar-refractivity contribution in [1.29, 1.82) is 0 Å². The number of aliphatic hydroxyl groups excluding tert-OH is 2. The number of phenolic OH excluding ortho intramolecular Hbond substituents is 3. The molecule has 0 aliphatic heterocycles. The van der Waals surface area contributed by atoms with Crippen LogP contribution < -0.4 is 10.1 Å². The molecule has 3 atom stereocenters. The summed E-state index contributed by atoms with van der Waals surface area (Å²) in [6, 6.07) is 4.42. The van der Waals surface area contributed by atoms with Gasteiger partial charge in [-0.3, -0.25) is 19.2 Å². The van der Waals surface area contributed by atoms with Crippen LogP contribution in [0.3, 0.4) is 0 Å². The molecule has 200 valence electrons. The maximum Gasteiger partial charge on any atom is 0.325 e. The third-order valence-corrected chi connectivity index (χ3v) is 6.96. The van der Waals surface area contributed by atoms with Gasteiger partial charge in [0.2, 0.25) is 0 Å². The third kappa shape index (κ3) is 3.60. The topological polar surface area (TPSA) is 211 Å². The van der Waals surface area contributed by atoms with E-state index in [0.29, 0.717) is 0 Å². The zero-order chi connectivity index (χ0) is 28.5. The summed E-state index contributed by atoms with van der Waals surface area (Å²) in [4.78, 5) is 50.7. The number of nitrogens with one attached hydrogen (secondary N) is 1. The first-order valence-electron chi connectivity index (χ1n) is 11.5. The highest BCUT2D eigenvalue weighted by Gasteiger charge is 2.42. The molecule has 0 spiro atoms. The van der Waals surface area contributed by atoms with E-state index in [1.54, 1.807) is 0 Å². The Bertz CT molecular complexity index is 1640. The summed E-state index contributed by atoms with van der Waals surface area (Å²) in [7, 11) is 1.29. The molecule has 7 N–H and O–H groups in total. The zero-order valence-corrected chi connectivity index (χ0v) is 20.3. The van der Waals surface area contributed by atoms with Crippen molar-refractivity contribution in [1.82, 2.24) is 5.32 Å². The van der Waals surface area contributed by atoms with Crippen LogP contribution in [0.5, 0.6) is 23.0 Å². The van der Waals surface area contributed by atoms with Gasteiger partial charge in [0.05, 0.1) is 23.8 Å². The number of carboxylic acids is 1. The van der Waals surface area contributed by atoms with E-state index < -0.39 is 70.1 Å². The lowest BCUT2D eigenvalue weighted by Crippen LogP contribution is -2.38. The van der Waals surface area contributed by atoms with E-state index in [1.807, 2.05) is 0 Å². The molecule has 0 heterocycles. The maximum atomic E-state index is 13.5. The summed E-state index contributed by atoms with van der Waals surface area (Å²) in [5.74, 6) is -6.06. The van der Waals surface area contributed by atoms with Crippen molar-refractivity contribution in [2.75, 3.05) is 7.11 Å². The molecule has 12 heteroatoms. The first-order valence-corrected chi connectivity index (χ1v) is 11.5. The second-order valence-corrected chi connectivity index (χ2v) is 9.19. The highest BCUT2D eigenvalue weighted by atomic mass is 16.5. The number of rotatable bonds is 4. The molecule has 0 saturated heterocycles. The van der Waals surface area contributed by atoms with Crippen molar-refractivity contribution >= 4 is 23.4 Å². The van der Waals surface area contributed by atoms with E-state index in [9.17, 15) is 44.7 Å². The average Bonchev–Trinajstić information content (AvgIpc) is 2.89. The molecule has 39 heavy (non-hydrogen) atoms. The first-order chi connectivity index (χ1) is 18.4. The standard InChI is InChI=1S/C27H21NO11/c1-8(27(37)38)28-26(36)11-4-3-10-17(20(11)30)18-13(24(34)23(10)33)7-14-19(25(18)35)22(32)12-5-9(39-2)6-15(29)16(12)21(14)31/h3-8,23-24,29-30,33-35H,1-2H3,(H,28,36)(H,37,38)/t8-,23+,24+/m1/s1. The fraction of sp³-hybridized carbons (Fsp3) is 0.185. The van der Waals surface area contributed by atoms with E-state index in [4.69, 9.17) is 9.84 Å². The van der Waals surface area contributed by atoms with Crippen molar-refractivity contribution in [2.45, 2.75) is 25.2 Å². The van der Waals surface area contributed by atoms with E-state index in [2.05, 4.69) is 5.32 Å². The Hall–Kier alpha value is -4.94.